The van der Waals surface area contributed by atoms with Crippen molar-refractivity contribution in [2.75, 3.05) is 0 Å². The molecule has 0 fully saturated rings. The summed E-state index contributed by atoms with van der Waals surface area (Å²) in [5, 5.41) is 9.07. The second kappa shape index (κ2) is 4.61. The summed E-state index contributed by atoms with van der Waals surface area (Å²) < 4.78 is 38.4. The highest BCUT2D eigenvalue weighted by Crippen LogP contribution is 2.38. The Morgan fingerprint density at radius 3 is 2.67 bits per heavy atom. The van der Waals surface area contributed by atoms with Gasteiger partial charge in [-0.15, -0.1) is 11.3 Å². The van der Waals surface area contributed by atoms with E-state index in [1.807, 2.05) is 0 Å². The molecular formula is C12H9F3O2S. The molecule has 2 nitrogen and oxygen atoms in total. The lowest BCUT2D eigenvalue weighted by Crippen LogP contribution is -2.04. The Hall–Kier alpha value is -1.56. The Labute approximate surface area is 105 Å². The topological polar surface area (TPSA) is 37.3 Å². The van der Waals surface area contributed by atoms with Crippen molar-refractivity contribution in [2.45, 2.75) is 19.0 Å². The van der Waals surface area contributed by atoms with Gasteiger partial charge in [0.2, 0.25) is 0 Å². The summed E-state index contributed by atoms with van der Waals surface area (Å²) >= 11 is 1.01. The highest BCUT2D eigenvalue weighted by Gasteiger charge is 2.33. The monoisotopic (exact) mass is 274 g/mol. The predicted octanol–water partition coefficient (Wildman–Crippen LogP) is 3.94. The van der Waals surface area contributed by atoms with Gasteiger partial charge >= 0.3 is 12.1 Å². The van der Waals surface area contributed by atoms with Gasteiger partial charge in [-0.1, -0.05) is 12.1 Å². The summed E-state index contributed by atoms with van der Waals surface area (Å²) in [7, 11) is 0. The van der Waals surface area contributed by atoms with Gasteiger partial charge in [-0.25, -0.2) is 0 Å². The minimum Gasteiger partial charge on any atom is -0.481 e. The molecule has 0 spiro atoms. The van der Waals surface area contributed by atoms with E-state index in [1.54, 1.807) is 12.1 Å². The molecule has 0 bridgehead atoms. The number of carbonyl (C=O) groups is 1. The normalized spacial score (nSPS) is 11.9. The largest absolute Gasteiger partial charge is 0.481 e. The molecule has 1 heterocycles. The first-order chi connectivity index (χ1) is 8.38. The fourth-order valence-electron chi connectivity index (χ4n) is 1.69. The second-order valence-electron chi connectivity index (χ2n) is 3.83. The Balaban J connectivity index is 2.42. The smallest absolute Gasteiger partial charge is 0.417 e. The van der Waals surface area contributed by atoms with E-state index in [-0.39, 0.29) is 17.5 Å². The highest BCUT2D eigenvalue weighted by atomic mass is 32.1. The standard InChI is InChI=1S/C12H9F3O2S/c13-12(14,15)9-3-1-2-7-6-8(18-11(7)9)4-5-10(16)17/h1-3,6H,4-5H2,(H,16,17). The van der Waals surface area contributed by atoms with Crippen LogP contribution in [0.3, 0.4) is 0 Å². The van der Waals surface area contributed by atoms with E-state index in [9.17, 15) is 18.0 Å². The Morgan fingerprint density at radius 1 is 1.33 bits per heavy atom. The van der Waals surface area contributed by atoms with Gasteiger partial charge in [0.25, 0.3) is 0 Å². The number of carboxylic acid groups (broad SMARTS) is 1. The van der Waals surface area contributed by atoms with Gasteiger partial charge in [0.1, 0.15) is 0 Å². The summed E-state index contributed by atoms with van der Waals surface area (Å²) in [6.07, 6.45) is -4.20. The molecule has 2 rings (SSSR count). The molecule has 0 unspecified atom stereocenters. The molecule has 0 aliphatic carbocycles. The van der Waals surface area contributed by atoms with Crippen molar-refractivity contribution in [3.63, 3.8) is 0 Å². The van der Waals surface area contributed by atoms with E-state index in [4.69, 9.17) is 5.11 Å². The summed E-state index contributed by atoms with van der Waals surface area (Å²) in [4.78, 5) is 11.1. The van der Waals surface area contributed by atoms with E-state index in [0.717, 1.165) is 17.4 Å². The van der Waals surface area contributed by atoms with Crippen LogP contribution in [0, 0.1) is 0 Å². The van der Waals surface area contributed by atoms with E-state index < -0.39 is 17.7 Å². The number of rotatable bonds is 3. The molecule has 2 aromatic rings. The number of alkyl halides is 3. The number of carboxylic acids is 1. The molecule has 1 aromatic carbocycles. The van der Waals surface area contributed by atoms with Gasteiger partial charge in [0.15, 0.2) is 0 Å². The van der Waals surface area contributed by atoms with E-state index in [1.165, 1.54) is 6.07 Å². The second-order valence-corrected chi connectivity index (χ2v) is 4.96. The van der Waals surface area contributed by atoms with Gasteiger partial charge in [0, 0.05) is 9.58 Å². The zero-order chi connectivity index (χ0) is 13.3. The fraction of sp³-hybridized carbons (Fsp3) is 0.250. The quantitative estimate of drug-likeness (QED) is 0.920. The van der Waals surface area contributed by atoms with Crippen LogP contribution in [0.15, 0.2) is 24.3 Å². The first-order valence-corrected chi connectivity index (χ1v) is 6.00. The summed E-state index contributed by atoms with van der Waals surface area (Å²) in [6, 6.07) is 5.63. The molecule has 96 valence electrons. The minimum absolute atomic E-state index is 0.0752. The number of hydrogen-bond donors (Lipinski definition) is 1. The zero-order valence-corrected chi connectivity index (χ0v) is 9.94. The van der Waals surface area contributed by atoms with Crippen LogP contribution in [0.4, 0.5) is 13.2 Å². The van der Waals surface area contributed by atoms with Gasteiger partial charge < -0.3 is 5.11 Å². The van der Waals surface area contributed by atoms with Crippen molar-refractivity contribution in [1.29, 1.82) is 0 Å². The molecule has 0 saturated carbocycles. The van der Waals surface area contributed by atoms with E-state index >= 15 is 0 Å². The first-order valence-electron chi connectivity index (χ1n) is 5.18. The molecule has 0 aliphatic heterocycles. The molecule has 0 atom stereocenters. The lowest BCUT2D eigenvalue weighted by Gasteiger charge is -2.06. The number of benzene rings is 1. The average Bonchev–Trinajstić information content (AvgIpc) is 2.66. The van der Waals surface area contributed by atoms with Crippen LogP contribution < -0.4 is 0 Å². The number of fused-ring (bicyclic) bond motifs is 1. The maximum Gasteiger partial charge on any atom is 0.417 e. The molecule has 0 amide bonds. The van der Waals surface area contributed by atoms with Gasteiger partial charge in [-0.2, -0.15) is 13.2 Å². The van der Waals surface area contributed by atoms with Crippen molar-refractivity contribution in [3.8, 4) is 0 Å². The molecule has 0 aliphatic rings. The van der Waals surface area contributed by atoms with Crippen LogP contribution >= 0.6 is 11.3 Å². The number of thiophene rings is 1. The van der Waals surface area contributed by atoms with Gasteiger partial charge in [-0.3, -0.25) is 4.79 Å². The number of halogens is 3. The van der Waals surface area contributed by atoms with Crippen molar-refractivity contribution in [3.05, 3.63) is 34.7 Å². The molecule has 18 heavy (non-hydrogen) atoms. The first kappa shape index (κ1) is 12.9. The molecule has 0 saturated heterocycles. The van der Waals surface area contributed by atoms with Gasteiger partial charge in [0.05, 0.1) is 12.0 Å². The third kappa shape index (κ3) is 2.64. The van der Waals surface area contributed by atoms with Crippen molar-refractivity contribution in [2.24, 2.45) is 0 Å². The predicted molar refractivity (Wildman–Crippen MR) is 62.8 cm³/mol. The van der Waals surface area contributed by atoms with Crippen LogP contribution in [-0.2, 0) is 17.4 Å². The molecular weight excluding hydrogens is 265 g/mol. The van der Waals surface area contributed by atoms with E-state index in [2.05, 4.69) is 0 Å². The minimum atomic E-state index is -4.38. The fourth-order valence-corrected chi connectivity index (χ4v) is 2.88. The van der Waals surface area contributed by atoms with E-state index in [0.29, 0.717) is 10.3 Å². The summed E-state index contributed by atoms with van der Waals surface area (Å²) in [5.41, 5.74) is -0.661. The number of aryl methyl sites for hydroxylation is 1. The van der Waals surface area contributed by atoms with Crippen LogP contribution in [0.25, 0.3) is 10.1 Å². The Bertz CT molecular complexity index is 587. The van der Waals surface area contributed by atoms with Crippen LogP contribution in [0.2, 0.25) is 0 Å². The third-order valence-corrected chi connectivity index (χ3v) is 3.73. The lowest BCUT2D eigenvalue weighted by atomic mass is 10.1. The molecule has 1 aromatic heterocycles. The molecule has 0 radical (unpaired) electrons. The number of aliphatic carboxylic acids is 1. The van der Waals surface area contributed by atoms with Crippen LogP contribution in [0.5, 0.6) is 0 Å². The number of hydrogen-bond acceptors (Lipinski definition) is 2. The van der Waals surface area contributed by atoms with Crippen molar-refractivity contribution >= 4 is 27.4 Å². The van der Waals surface area contributed by atoms with Crippen LogP contribution in [0.1, 0.15) is 16.9 Å². The van der Waals surface area contributed by atoms with Gasteiger partial charge in [-0.05, 0) is 23.9 Å². The SMILES string of the molecule is O=C(O)CCc1cc2cccc(C(F)(F)F)c2s1. The summed E-state index contributed by atoms with van der Waals surface area (Å²) in [6.45, 7) is 0. The summed E-state index contributed by atoms with van der Waals surface area (Å²) in [5.74, 6) is -0.955. The Morgan fingerprint density at radius 2 is 2.06 bits per heavy atom. The third-order valence-electron chi connectivity index (χ3n) is 2.49. The molecule has 1 N–H and O–H groups in total. The Kier molecular flexibility index (Phi) is 3.30. The van der Waals surface area contributed by atoms with Crippen molar-refractivity contribution < 1.29 is 23.1 Å². The maximum absolute atomic E-state index is 12.8. The zero-order valence-electron chi connectivity index (χ0n) is 9.12. The maximum atomic E-state index is 12.8. The van der Waals surface area contributed by atoms with Crippen LogP contribution in [-0.4, -0.2) is 11.1 Å². The lowest BCUT2D eigenvalue weighted by molar-refractivity contribution is -0.137. The molecule has 6 heteroatoms. The average molecular weight is 274 g/mol. The highest BCUT2D eigenvalue weighted by molar-refractivity contribution is 7.19. The van der Waals surface area contributed by atoms with Crippen molar-refractivity contribution in [1.82, 2.24) is 0 Å².